The van der Waals surface area contributed by atoms with Crippen molar-refractivity contribution in [2.24, 2.45) is 0 Å². The minimum Gasteiger partial charge on any atom is -0.508 e. The van der Waals surface area contributed by atoms with Gasteiger partial charge >= 0.3 is 0 Å². The van der Waals surface area contributed by atoms with Gasteiger partial charge in [-0.3, -0.25) is 9.59 Å². The van der Waals surface area contributed by atoms with E-state index in [0.717, 1.165) is 48.5 Å². The minimum absolute atomic E-state index is 0.0297. The summed E-state index contributed by atoms with van der Waals surface area (Å²) < 4.78 is 21.8. The number of fused-ring (bicyclic) bond motifs is 2. The molecule has 13 N–H and O–H groups in total. The zero-order valence-corrected chi connectivity index (χ0v) is 27.6. The van der Waals surface area contributed by atoms with Crippen LogP contribution in [0.1, 0.15) is 0 Å². The maximum absolute atomic E-state index is 13.2. The molecule has 1 fully saturated rings. The second-order valence-electron chi connectivity index (χ2n) is 12.1. The lowest BCUT2D eigenvalue weighted by Crippen LogP contribution is -2.40. The van der Waals surface area contributed by atoms with Crippen molar-refractivity contribution >= 4 is 21.9 Å². The summed E-state index contributed by atoms with van der Waals surface area (Å²) in [6.45, 7) is -0.783. The van der Waals surface area contributed by atoms with E-state index in [1.54, 1.807) is 0 Å². The third-order valence-corrected chi connectivity index (χ3v) is 8.39. The summed E-state index contributed by atoms with van der Waals surface area (Å²) in [6.07, 6.45) is -8.11. The van der Waals surface area contributed by atoms with E-state index in [0.29, 0.717) is 0 Å². The van der Waals surface area contributed by atoms with Gasteiger partial charge < -0.3 is 84.7 Å². The number of hydrogen-bond acceptors (Lipinski definition) is 19. The van der Waals surface area contributed by atoms with Crippen LogP contribution < -0.4 is 15.6 Å². The predicted octanol–water partition coefficient (Wildman–Crippen LogP) is 1.45. The molecule has 0 spiro atoms. The molecule has 2 aromatic heterocycles. The fraction of sp³-hybridized carbons (Fsp3) is 0.167. The summed E-state index contributed by atoms with van der Waals surface area (Å²) in [5.41, 5.74) is -2.05. The monoisotopic (exact) mass is 766 g/mol. The molecular weight excluding hydrogens is 736 g/mol. The number of hydrogen-bond donors (Lipinski definition) is 13. The summed E-state index contributed by atoms with van der Waals surface area (Å²) in [6, 6.07) is 11.0. The average molecular weight is 767 g/mol. The van der Waals surface area contributed by atoms with E-state index in [1.165, 1.54) is 12.1 Å². The van der Waals surface area contributed by atoms with Crippen LogP contribution in [0.4, 0.5) is 0 Å². The first-order valence-corrected chi connectivity index (χ1v) is 15.8. The van der Waals surface area contributed by atoms with Crippen molar-refractivity contribution in [1.82, 2.24) is 0 Å². The van der Waals surface area contributed by atoms with Crippen LogP contribution in [0.25, 0.3) is 44.6 Å². The molecule has 1 aliphatic heterocycles. The fourth-order valence-electron chi connectivity index (χ4n) is 5.67. The smallest absolute Gasteiger partial charge is 0.239 e. The summed E-state index contributed by atoms with van der Waals surface area (Å²) in [4.78, 5) is 25.4. The number of phenols is 8. The first-order chi connectivity index (χ1) is 26.0. The normalized spacial score (nSPS) is 18.5. The molecular formula is C36H30O19. The van der Waals surface area contributed by atoms with E-state index in [1.807, 2.05) is 0 Å². The molecule has 0 radical (unpaired) electrons. The van der Waals surface area contributed by atoms with E-state index in [4.69, 9.17) is 23.4 Å². The Morgan fingerprint density at radius 1 is 0.600 bits per heavy atom. The Balaban J connectivity index is 0.000000203. The van der Waals surface area contributed by atoms with Gasteiger partial charge in [-0.1, -0.05) is 0 Å². The Kier molecular flexibility index (Phi) is 9.97. The van der Waals surface area contributed by atoms with Gasteiger partial charge in [0.15, 0.2) is 34.5 Å². The van der Waals surface area contributed by atoms with Crippen LogP contribution in [-0.4, -0.2) is 104 Å². The minimum atomic E-state index is -1.75. The van der Waals surface area contributed by atoms with Crippen LogP contribution in [0.3, 0.4) is 0 Å². The number of rotatable bonds is 6. The van der Waals surface area contributed by atoms with Crippen LogP contribution in [0, 0.1) is 0 Å². The molecule has 0 amide bonds. The zero-order chi connectivity index (χ0) is 40.0. The fourth-order valence-corrected chi connectivity index (χ4v) is 5.67. The SMILES string of the molecule is O=c1c(O)c(-c2ccc(O)c(O)c2)oc2cc(O)cc(O)c12.O=c1c(O[C@@H]2O[C@H]([C@H](O)CO)[C@H](O)[C@H]2O)c(-c2ccc(O)c(O)c2)oc2cc(O)cc(O)c12. The van der Waals surface area contributed by atoms with Crippen LogP contribution in [0.2, 0.25) is 0 Å². The number of ether oxygens (including phenoxy) is 2. The lowest BCUT2D eigenvalue weighted by Gasteiger charge is -2.19. The summed E-state index contributed by atoms with van der Waals surface area (Å²) in [5, 5.41) is 126. The van der Waals surface area contributed by atoms with Crippen LogP contribution in [0.5, 0.6) is 57.5 Å². The van der Waals surface area contributed by atoms with Gasteiger partial charge in [-0.2, -0.15) is 0 Å². The topological polar surface area (TPSA) is 342 Å². The Morgan fingerprint density at radius 3 is 1.60 bits per heavy atom. The highest BCUT2D eigenvalue weighted by Gasteiger charge is 2.48. The molecule has 6 aromatic rings. The lowest BCUT2D eigenvalue weighted by molar-refractivity contribution is -0.137. The number of aromatic hydroxyl groups is 9. The third kappa shape index (κ3) is 6.99. The highest BCUT2D eigenvalue weighted by Crippen LogP contribution is 2.40. The average Bonchev–Trinajstić information content (AvgIpc) is 3.41. The number of aliphatic hydroxyl groups is 4. The van der Waals surface area contributed by atoms with E-state index in [9.17, 15) is 70.9 Å². The number of phenolic OH excluding ortho intramolecular Hbond substituents is 8. The van der Waals surface area contributed by atoms with Crippen LogP contribution in [0.15, 0.2) is 79.1 Å². The summed E-state index contributed by atoms with van der Waals surface area (Å²) >= 11 is 0. The van der Waals surface area contributed by atoms with E-state index in [-0.39, 0.29) is 56.1 Å². The quantitative estimate of drug-likeness (QED) is 0.107. The summed E-state index contributed by atoms with van der Waals surface area (Å²) in [7, 11) is 0. The van der Waals surface area contributed by atoms with Crippen molar-refractivity contribution in [3.05, 3.63) is 81.1 Å². The van der Waals surface area contributed by atoms with E-state index >= 15 is 0 Å². The zero-order valence-electron chi connectivity index (χ0n) is 27.6. The van der Waals surface area contributed by atoms with Crippen molar-refractivity contribution in [3.8, 4) is 80.1 Å². The molecule has 0 saturated carbocycles. The molecule has 7 rings (SSSR count). The summed E-state index contributed by atoms with van der Waals surface area (Å²) in [5.74, 6) is -5.71. The number of benzene rings is 4. The van der Waals surface area contributed by atoms with Gasteiger partial charge in [-0.25, -0.2) is 0 Å². The third-order valence-electron chi connectivity index (χ3n) is 8.39. The van der Waals surface area contributed by atoms with Crippen molar-refractivity contribution in [2.45, 2.75) is 30.7 Å². The molecule has 4 aromatic carbocycles. The van der Waals surface area contributed by atoms with Gasteiger partial charge in [-0.15, -0.1) is 0 Å². The predicted molar refractivity (Wildman–Crippen MR) is 185 cm³/mol. The largest absolute Gasteiger partial charge is 0.508 e. The van der Waals surface area contributed by atoms with Crippen LogP contribution in [-0.2, 0) is 4.74 Å². The molecule has 19 heteroatoms. The molecule has 1 saturated heterocycles. The second-order valence-corrected chi connectivity index (χ2v) is 12.1. The maximum atomic E-state index is 13.2. The Labute approximate surface area is 305 Å². The molecule has 5 atom stereocenters. The molecule has 288 valence electrons. The Hall–Kier alpha value is -6.90. The molecule has 3 heterocycles. The van der Waals surface area contributed by atoms with Gasteiger partial charge in [-0.05, 0) is 36.4 Å². The Bertz CT molecular complexity index is 2560. The molecule has 1 aliphatic rings. The molecule has 55 heavy (non-hydrogen) atoms. The first kappa shape index (κ1) is 37.8. The lowest BCUT2D eigenvalue weighted by atomic mass is 10.1. The highest BCUT2D eigenvalue weighted by molar-refractivity contribution is 5.89. The molecule has 0 bridgehead atoms. The first-order valence-electron chi connectivity index (χ1n) is 15.8. The van der Waals surface area contributed by atoms with Gasteiger partial charge in [0.2, 0.25) is 28.6 Å². The molecule has 0 unspecified atom stereocenters. The van der Waals surface area contributed by atoms with Crippen molar-refractivity contribution in [2.75, 3.05) is 6.61 Å². The van der Waals surface area contributed by atoms with Crippen molar-refractivity contribution < 1.29 is 84.7 Å². The van der Waals surface area contributed by atoms with Gasteiger partial charge in [0.05, 0.1) is 6.61 Å². The highest BCUT2D eigenvalue weighted by atomic mass is 16.7. The van der Waals surface area contributed by atoms with Gasteiger partial charge in [0, 0.05) is 35.4 Å². The maximum Gasteiger partial charge on any atom is 0.239 e. The van der Waals surface area contributed by atoms with E-state index < -0.39 is 94.2 Å². The van der Waals surface area contributed by atoms with Gasteiger partial charge in [0.1, 0.15) is 69.4 Å². The van der Waals surface area contributed by atoms with Gasteiger partial charge in [0.25, 0.3) is 0 Å². The van der Waals surface area contributed by atoms with E-state index in [2.05, 4.69) is 0 Å². The van der Waals surface area contributed by atoms with Crippen molar-refractivity contribution in [1.29, 1.82) is 0 Å². The Morgan fingerprint density at radius 2 is 1.09 bits per heavy atom. The molecule has 0 aliphatic carbocycles. The standard InChI is InChI=1S/C21H20O12.C15H10O7/c22-6-12(27)19-16(29)17(30)21(32-19)33-20-15(28)14-11(26)4-8(23)5-13(14)31-18(20)7-1-2-9(24)10(25)3-7;16-7-4-10(19)12-11(5-7)22-15(14(21)13(12)20)6-1-2-8(17)9(18)3-6/h1-5,12,16-17,19,21-27,29-30H,6H2;1-5,16-19,21H/t12-,16-,17-,19-,21+;/m1./s1. The number of aliphatic hydroxyl groups excluding tert-OH is 4. The second kappa shape index (κ2) is 14.5. The van der Waals surface area contributed by atoms with Crippen LogP contribution >= 0.6 is 0 Å². The molecule has 19 nitrogen and oxygen atoms in total. The van der Waals surface area contributed by atoms with Crippen molar-refractivity contribution in [3.63, 3.8) is 0 Å².